The molecule has 94 valence electrons. The monoisotopic (exact) mass is 255 g/mol. The van der Waals surface area contributed by atoms with E-state index in [4.69, 9.17) is 11.6 Å². The van der Waals surface area contributed by atoms with Crippen molar-refractivity contribution in [1.29, 1.82) is 0 Å². The van der Waals surface area contributed by atoms with Crippen molar-refractivity contribution in [1.82, 2.24) is 15.1 Å². The van der Waals surface area contributed by atoms with Crippen molar-refractivity contribution in [3.8, 4) is 0 Å². The Kier molecular flexibility index (Phi) is 3.27. The Balaban J connectivity index is 2.57. The van der Waals surface area contributed by atoms with Crippen molar-refractivity contribution in [2.45, 2.75) is 38.1 Å². The average Bonchev–Trinajstić information content (AvgIpc) is 2.55. The largest absolute Gasteiger partial charge is 0.304 e. The highest BCUT2D eigenvalue weighted by Crippen LogP contribution is 2.39. The van der Waals surface area contributed by atoms with E-state index >= 15 is 0 Å². The molecule has 17 heavy (non-hydrogen) atoms. The third-order valence-electron chi connectivity index (χ3n) is 3.69. The predicted molar refractivity (Wildman–Crippen MR) is 67.2 cm³/mol. The van der Waals surface area contributed by atoms with Crippen LogP contribution >= 0.6 is 11.6 Å². The number of Topliss-reactive ketones (excluding diaryl/α,β-unsaturated/α-hetero) is 1. The van der Waals surface area contributed by atoms with Gasteiger partial charge in [-0.3, -0.25) is 9.48 Å². The molecule has 1 saturated carbocycles. The van der Waals surface area contributed by atoms with Gasteiger partial charge in [-0.05, 0) is 26.8 Å². The van der Waals surface area contributed by atoms with Gasteiger partial charge in [0.05, 0.1) is 5.69 Å². The molecule has 0 radical (unpaired) electrons. The second-order valence-electron chi connectivity index (χ2n) is 4.66. The molecule has 2 rings (SSSR count). The average molecular weight is 256 g/mol. The third kappa shape index (κ3) is 1.79. The number of carbonyl (C=O) groups is 1. The highest BCUT2D eigenvalue weighted by atomic mass is 35.5. The molecule has 1 aliphatic carbocycles. The fourth-order valence-corrected chi connectivity index (χ4v) is 3.13. The molecule has 0 spiro atoms. The number of hydrogen-bond donors (Lipinski definition) is 1. The zero-order chi connectivity index (χ0) is 12.6. The third-order valence-corrected chi connectivity index (χ3v) is 4.12. The Morgan fingerprint density at radius 3 is 2.65 bits per heavy atom. The second-order valence-corrected chi connectivity index (χ2v) is 5.02. The Morgan fingerprint density at radius 2 is 2.18 bits per heavy atom. The van der Waals surface area contributed by atoms with Crippen LogP contribution in [0.15, 0.2) is 0 Å². The van der Waals surface area contributed by atoms with Crippen molar-refractivity contribution in [3.63, 3.8) is 0 Å². The molecule has 1 aromatic rings. The number of likely N-dealkylation sites (N-methyl/N-ethyl adjacent to an activating group) is 1. The number of carbonyl (C=O) groups excluding carboxylic acids is 1. The number of ketones is 1. The van der Waals surface area contributed by atoms with Gasteiger partial charge >= 0.3 is 0 Å². The molecule has 4 nitrogen and oxygen atoms in total. The number of halogens is 1. The van der Waals surface area contributed by atoms with E-state index in [1.54, 1.807) is 11.7 Å². The minimum atomic E-state index is -0.631. The number of rotatable bonds is 2. The minimum Gasteiger partial charge on any atom is -0.304 e. The lowest BCUT2D eigenvalue weighted by molar-refractivity contribution is -0.127. The Hall–Kier alpha value is -0.870. The Labute approximate surface area is 106 Å². The molecule has 1 N–H and O–H groups in total. The van der Waals surface area contributed by atoms with Crippen molar-refractivity contribution < 1.29 is 4.79 Å². The highest BCUT2D eigenvalue weighted by molar-refractivity contribution is 6.31. The summed E-state index contributed by atoms with van der Waals surface area (Å²) in [5.74, 6) is 0.226. The summed E-state index contributed by atoms with van der Waals surface area (Å²) in [5, 5.41) is 8.06. The molecule has 0 unspecified atom stereocenters. The van der Waals surface area contributed by atoms with Crippen LogP contribution in [0.25, 0.3) is 0 Å². The summed E-state index contributed by atoms with van der Waals surface area (Å²) in [6.07, 6.45) is 3.43. The molecule has 0 amide bonds. The van der Waals surface area contributed by atoms with E-state index in [0.717, 1.165) is 30.5 Å². The Bertz CT molecular complexity index is 455. The maximum Gasteiger partial charge on any atom is 0.157 e. The zero-order valence-electron chi connectivity index (χ0n) is 10.5. The molecule has 1 atom stereocenters. The van der Waals surface area contributed by atoms with Gasteiger partial charge in [0.15, 0.2) is 5.78 Å². The molecular weight excluding hydrogens is 238 g/mol. The summed E-state index contributed by atoms with van der Waals surface area (Å²) < 4.78 is 1.63. The normalized spacial score (nSPS) is 25.3. The van der Waals surface area contributed by atoms with Crippen LogP contribution in [0, 0.1) is 6.92 Å². The van der Waals surface area contributed by atoms with Crippen LogP contribution < -0.4 is 5.32 Å². The highest BCUT2D eigenvalue weighted by Gasteiger charge is 2.43. The Morgan fingerprint density at radius 1 is 1.47 bits per heavy atom. The van der Waals surface area contributed by atoms with Crippen molar-refractivity contribution in [2.75, 3.05) is 7.05 Å². The SMILES string of the molecule is CN[C@]1(c2c(C)nn(C)c2Cl)CCCCC1=O. The lowest BCUT2D eigenvalue weighted by Gasteiger charge is -2.35. The van der Waals surface area contributed by atoms with Crippen molar-refractivity contribution in [3.05, 3.63) is 16.4 Å². The van der Waals surface area contributed by atoms with Gasteiger partial charge in [0.1, 0.15) is 10.7 Å². The fraction of sp³-hybridized carbons (Fsp3) is 0.667. The van der Waals surface area contributed by atoms with E-state index in [-0.39, 0.29) is 5.78 Å². The van der Waals surface area contributed by atoms with Crippen LogP contribution in [0.2, 0.25) is 5.15 Å². The molecule has 1 aromatic heterocycles. The first-order valence-corrected chi connectivity index (χ1v) is 6.32. The van der Waals surface area contributed by atoms with Crippen LogP contribution in [0.1, 0.15) is 36.9 Å². The minimum absolute atomic E-state index is 0.226. The lowest BCUT2D eigenvalue weighted by atomic mass is 9.76. The first-order valence-electron chi connectivity index (χ1n) is 5.94. The van der Waals surface area contributed by atoms with E-state index < -0.39 is 5.54 Å². The van der Waals surface area contributed by atoms with Gasteiger partial charge in [-0.2, -0.15) is 5.10 Å². The van der Waals surface area contributed by atoms with Crippen LogP contribution in [0.3, 0.4) is 0 Å². The topological polar surface area (TPSA) is 46.9 Å². The molecule has 0 bridgehead atoms. The van der Waals surface area contributed by atoms with Gasteiger partial charge in [0, 0.05) is 19.0 Å². The van der Waals surface area contributed by atoms with E-state index in [0.29, 0.717) is 11.6 Å². The second kappa shape index (κ2) is 4.42. The van der Waals surface area contributed by atoms with E-state index in [1.165, 1.54) is 0 Å². The van der Waals surface area contributed by atoms with Crippen LogP contribution in [0.5, 0.6) is 0 Å². The number of aromatic nitrogens is 2. The quantitative estimate of drug-likeness (QED) is 0.879. The van der Waals surface area contributed by atoms with Crippen molar-refractivity contribution >= 4 is 17.4 Å². The molecule has 1 heterocycles. The first-order chi connectivity index (χ1) is 8.03. The molecule has 5 heteroatoms. The summed E-state index contributed by atoms with van der Waals surface area (Å²) in [6.45, 7) is 1.90. The van der Waals surface area contributed by atoms with Gasteiger partial charge in [-0.15, -0.1) is 0 Å². The van der Waals surface area contributed by atoms with Gasteiger partial charge in [-0.1, -0.05) is 18.0 Å². The van der Waals surface area contributed by atoms with E-state index in [2.05, 4.69) is 10.4 Å². The standard InChI is InChI=1S/C12H18ClN3O/c1-8-10(11(13)16(3)15-8)12(14-2)7-5-4-6-9(12)17/h14H,4-7H2,1-3H3/t12-/m1/s1. The molecule has 1 fully saturated rings. The van der Waals surface area contributed by atoms with Crippen molar-refractivity contribution in [2.24, 2.45) is 7.05 Å². The van der Waals surface area contributed by atoms with Gasteiger partial charge in [-0.25, -0.2) is 0 Å². The summed E-state index contributed by atoms with van der Waals surface area (Å²) in [4.78, 5) is 12.3. The van der Waals surface area contributed by atoms with E-state index in [1.807, 2.05) is 14.0 Å². The first kappa shape index (κ1) is 12.6. The predicted octanol–water partition coefficient (Wildman–Crippen LogP) is 1.94. The summed E-state index contributed by atoms with van der Waals surface area (Å²) in [7, 11) is 3.63. The molecule has 0 aliphatic heterocycles. The van der Waals surface area contributed by atoms with E-state index in [9.17, 15) is 4.79 Å². The van der Waals surface area contributed by atoms with Gasteiger partial charge in [0.25, 0.3) is 0 Å². The maximum absolute atomic E-state index is 12.3. The summed E-state index contributed by atoms with van der Waals surface area (Å²) in [6, 6.07) is 0. The lowest BCUT2D eigenvalue weighted by Crippen LogP contribution is -2.49. The molecule has 0 aromatic carbocycles. The fourth-order valence-electron chi connectivity index (χ4n) is 2.80. The van der Waals surface area contributed by atoms with Crippen LogP contribution in [-0.4, -0.2) is 22.6 Å². The zero-order valence-corrected chi connectivity index (χ0v) is 11.3. The van der Waals surface area contributed by atoms with Gasteiger partial charge in [0.2, 0.25) is 0 Å². The number of aryl methyl sites for hydroxylation is 2. The number of nitrogens with one attached hydrogen (secondary N) is 1. The molecule has 1 aliphatic rings. The number of nitrogens with zero attached hydrogens (tertiary/aromatic N) is 2. The summed E-state index contributed by atoms with van der Waals surface area (Å²) in [5.41, 5.74) is 1.06. The smallest absolute Gasteiger partial charge is 0.157 e. The molecule has 0 saturated heterocycles. The van der Waals surface area contributed by atoms with Crippen LogP contribution in [-0.2, 0) is 17.4 Å². The molecular formula is C12H18ClN3O. The van der Waals surface area contributed by atoms with Gasteiger partial charge < -0.3 is 5.32 Å². The van der Waals surface area contributed by atoms with Crippen LogP contribution in [0.4, 0.5) is 0 Å². The maximum atomic E-state index is 12.3. The summed E-state index contributed by atoms with van der Waals surface area (Å²) >= 11 is 6.29. The number of hydrogen-bond acceptors (Lipinski definition) is 3.